The molecule has 0 bridgehead atoms. The van der Waals surface area contributed by atoms with E-state index in [2.05, 4.69) is 50.4 Å². The van der Waals surface area contributed by atoms with Gasteiger partial charge >= 0.3 is 5.97 Å². The second-order valence-electron chi connectivity index (χ2n) is 20.0. The second-order valence-corrected chi connectivity index (χ2v) is 20.0. The fraction of sp³-hybridized carbons (Fsp3) is 0.898. The zero-order valence-electron chi connectivity index (χ0n) is 43.9. The number of rotatable bonds is 53. The summed E-state index contributed by atoms with van der Waals surface area (Å²) in [7, 11) is 0. The molecule has 0 radical (unpaired) electrons. The van der Waals surface area contributed by atoms with Gasteiger partial charge in [0.25, 0.3) is 0 Å². The zero-order chi connectivity index (χ0) is 47.4. The number of allylic oxidation sites excluding steroid dienone is 4. The first-order chi connectivity index (χ1) is 32.0. The van der Waals surface area contributed by atoms with Crippen molar-refractivity contribution in [2.75, 3.05) is 6.61 Å². The molecule has 0 aromatic rings. The average molecular weight is 917 g/mol. The van der Waals surface area contributed by atoms with Crippen LogP contribution in [0.2, 0.25) is 0 Å². The molecule has 6 nitrogen and oxygen atoms in total. The van der Waals surface area contributed by atoms with Crippen molar-refractivity contribution in [2.24, 2.45) is 0 Å². The summed E-state index contributed by atoms with van der Waals surface area (Å²) in [5.74, 6) is -0.480. The molecule has 0 saturated carbocycles. The molecule has 0 spiro atoms. The highest BCUT2D eigenvalue weighted by atomic mass is 16.5. The number of unbranched alkanes of at least 4 members (excludes halogenated alkanes) is 37. The number of carbonyl (C=O) groups excluding carboxylic acids is 2. The van der Waals surface area contributed by atoms with Gasteiger partial charge in [-0.05, 0) is 77.0 Å². The van der Waals surface area contributed by atoms with Crippen LogP contribution in [0.3, 0.4) is 0 Å². The predicted octanol–water partition coefficient (Wildman–Crippen LogP) is 17.9. The first kappa shape index (κ1) is 63.3. The third-order valence-corrected chi connectivity index (χ3v) is 13.5. The minimum atomic E-state index is -0.789. The van der Waals surface area contributed by atoms with E-state index in [0.29, 0.717) is 19.3 Å². The van der Waals surface area contributed by atoms with Crippen LogP contribution < -0.4 is 5.32 Å². The standard InChI is InChI=1S/C59H113NO5/c1-4-7-10-13-16-19-22-25-27-29-30-33-35-38-41-44-47-50-55(65-59(64)52-49-46-43-40-37-32-24-21-18-15-12-9-6-3)53-58(63)60-56(54-61)57(62)51-48-45-42-39-36-34-31-28-26-23-20-17-14-11-8-5-2/h25,27,32,37,55-57,61-62H,4-24,26,28-31,33-36,38-54H2,1-3H3,(H,60,63)/b27-25+,37-32-. The summed E-state index contributed by atoms with van der Waals surface area (Å²) in [5, 5.41) is 23.9. The highest BCUT2D eigenvalue weighted by Gasteiger charge is 2.24. The summed E-state index contributed by atoms with van der Waals surface area (Å²) in [4.78, 5) is 26.2. The van der Waals surface area contributed by atoms with Gasteiger partial charge in [-0.2, -0.15) is 0 Å². The molecule has 0 heterocycles. The van der Waals surface area contributed by atoms with Crippen LogP contribution in [-0.2, 0) is 14.3 Å². The van der Waals surface area contributed by atoms with Crippen LogP contribution in [0.25, 0.3) is 0 Å². The van der Waals surface area contributed by atoms with Gasteiger partial charge in [0.2, 0.25) is 5.91 Å². The third-order valence-electron chi connectivity index (χ3n) is 13.5. The molecule has 3 unspecified atom stereocenters. The molecule has 0 aromatic carbocycles. The summed E-state index contributed by atoms with van der Waals surface area (Å²) in [6.07, 6.45) is 62.4. The van der Waals surface area contributed by atoms with E-state index < -0.39 is 18.2 Å². The predicted molar refractivity (Wildman–Crippen MR) is 283 cm³/mol. The second kappa shape index (κ2) is 53.3. The molecule has 0 fully saturated rings. The Balaban J connectivity index is 4.53. The van der Waals surface area contributed by atoms with Crippen molar-refractivity contribution < 1.29 is 24.5 Å². The number of carbonyl (C=O) groups is 2. The summed E-state index contributed by atoms with van der Waals surface area (Å²) in [5.41, 5.74) is 0. The van der Waals surface area contributed by atoms with Crippen LogP contribution in [-0.4, -0.2) is 46.9 Å². The molecule has 0 aliphatic heterocycles. The summed E-state index contributed by atoms with van der Waals surface area (Å²) in [6, 6.07) is -0.703. The van der Waals surface area contributed by atoms with Gasteiger partial charge in [-0.15, -0.1) is 0 Å². The maximum Gasteiger partial charge on any atom is 0.306 e. The Kier molecular flexibility index (Phi) is 51.9. The van der Waals surface area contributed by atoms with Gasteiger partial charge in [0.05, 0.1) is 25.2 Å². The number of esters is 1. The minimum absolute atomic E-state index is 0.0732. The lowest BCUT2D eigenvalue weighted by atomic mass is 10.0. The van der Waals surface area contributed by atoms with Gasteiger partial charge in [0.15, 0.2) is 0 Å². The van der Waals surface area contributed by atoms with E-state index in [0.717, 1.165) is 57.8 Å². The molecule has 6 heteroatoms. The van der Waals surface area contributed by atoms with Gasteiger partial charge in [-0.3, -0.25) is 9.59 Å². The summed E-state index contributed by atoms with van der Waals surface area (Å²) in [6.45, 7) is 6.51. The summed E-state index contributed by atoms with van der Waals surface area (Å²) < 4.78 is 5.95. The molecule has 0 aliphatic carbocycles. The van der Waals surface area contributed by atoms with Crippen LogP contribution in [0.1, 0.15) is 316 Å². The lowest BCUT2D eigenvalue weighted by molar-refractivity contribution is -0.151. The Labute approximate surface area is 405 Å². The van der Waals surface area contributed by atoms with E-state index in [-0.39, 0.29) is 24.9 Å². The van der Waals surface area contributed by atoms with Crippen molar-refractivity contribution in [3.63, 3.8) is 0 Å². The van der Waals surface area contributed by atoms with Gasteiger partial charge < -0.3 is 20.3 Å². The van der Waals surface area contributed by atoms with E-state index in [1.165, 1.54) is 212 Å². The fourth-order valence-corrected chi connectivity index (χ4v) is 9.07. The van der Waals surface area contributed by atoms with Gasteiger partial charge in [-0.1, -0.05) is 251 Å². The van der Waals surface area contributed by atoms with Crippen LogP contribution >= 0.6 is 0 Å². The van der Waals surface area contributed by atoms with Crippen molar-refractivity contribution in [2.45, 2.75) is 334 Å². The molecule has 0 rings (SSSR count). The molecule has 0 saturated heterocycles. The first-order valence-corrected chi connectivity index (χ1v) is 29.1. The quantitative estimate of drug-likeness (QED) is 0.0321. The molecule has 0 aliphatic rings. The van der Waals surface area contributed by atoms with E-state index in [9.17, 15) is 19.8 Å². The van der Waals surface area contributed by atoms with E-state index in [1.54, 1.807) is 0 Å². The highest BCUT2D eigenvalue weighted by Crippen LogP contribution is 2.18. The molecule has 0 aromatic heterocycles. The maximum absolute atomic E-state index is 13.3. The number of hydrogen-bond donors (Lipinski definition) is 3. The fourth-order valence-electron chi connectivity index (χ4n) is 9.07. The number of aliphatic hydroxyl groups excluding tert-OH is 2. The van der Waals surface area contributed by atoms with Crippen LogP contribution in [0, 0.1) is 0 Å². The van der Waals surface area contributed by atoms with E-state index in [1.807, 2.05) is 0 Å². The number of aliphatic hydroxyl groups is 2. The molecular weight excluding hydrogens is 803 g/mol. The van der Waals surface area contributed by atoms with E-state index >= 15 is 0 Å². The molecular formula is C59H113NO5. The molecule has 65 heavy (non-hydrogen) atoms. The van der Waals surface area contributed by atoms with Crippen molar-refractivity contribution in [1.82, 2.24) is 5.32 Å². The van der Waals surface area contributed by atoms with Crippen molar-refractivity contribution in [3.05, 3.63) is 24.3 Å². The van der Waals surface area contributed by atoms with E-state index in [4.69, 9.17) is 4.74 Å². The Hall–Kier alpha value is -1.66. The molecule has 3 atom stereocenters. The average Bonchev–Trinajstić information content (AvgIpc) is 3.30. The largest absolute Gasteiger partial charge is 0.462 e. The number of nitrogens with one attached hydrogen (secondary N) is 1. The van der Waals surface area contributed by atoms with Gasteiger partial charge in [0, 0.05) is 6.42 Å². The topological polar surface area (TPSA) is 95.9 Å². The Morgan fingerprint density at radius 1 is 0.431 bits per heavy atom. The van der Waals surface area contributed by atoms with Crippen molar-refractivity contribution in [1.29, 1.82) is 0 Å². The van der Waals surface area contributed by atoms with Crippen LogP contribution in [0.15, 0.2) is 24.3 Å². The number of amides is 1. The van der Waals surface area contributed by atoms with Crippen LogP contribution in [0.4, 0.5) is 0 Å². The number of hydrogen-bond acceptors (Lipinski definition) is 5. The molecule has 3 N–H and O–H groups in total. The Morgan fingerprint density at radius 2 is 0.738 bits per heavy atom. The Bertz CT molecular complexity index is 1030. The zero-order valence-corrected chi connectivity index (χ0v) is 43.9. The molecule has 1 amide bonds. The van der Waals surface area contributed by atoms with Crippen molar-refractivity contribution >= 4 is 11.9 Å². The minimum Gasteiger partial charge on any atom is -0.462 e. The first-order valence-electron chi connectivity index (χ1n) is 29.1. The molecule has 384 valence electrons. The normalized spacial score (nSPS) is 13.2. The van der Waals surface area contributed by atoms with Crippen molar-refractivity contribution in [3.8, 4) is 0 Å². The van der Waals surface area contributed by atoms with Crippen LogP contribution in [0.5, 0.6) is 0 Å². The lowest BCUT2D eigenvalue weighted by Crippen LogP contribution is -2.46. The highest BCUT2D eigenvalue weighted by molar-refractivity contribution is 5.77. The SMILES string of the molecule is CCCCCCCC/C=C\CCCCCC(=O)OC(CCCCCCCCC/C=C/CCCCCCCC)CC(=O)NC(CO)C(O)CCCCCCCCCCCCCCCCCC. The van der Waals surface area contributed by atoms with Gasteiger partial charge in [0.1, 0.15) is 6.10 Å². The number of ether oxygens (including phenoxy) is 1. The monoisotopic (exact) mass is 916 g/mol. The lowest BCUT2D eigenvalue weighted by Gasteiger charge is -2.24. The maximum atomic E-state index is 13.3. The smallest absolute Gasteiger partial charge is 0.306 e. The van der Waals surface area contributed by atoms with Gasteiger partial charge in [-0.25, -0.2) is 0 Å². The Morgan fingerprint density at radius 3 is 1.09 bits per heavy atom. The third kappa shape index (κ3) is 48.6. The summed E-state index contributed by atoms with van der Waals surface area (Å²) >= 11 is 0.